The third-order valence-electron chi connectivity index (χ3n) is 3.62. The molecule has 2 aromatic rings. The molecule has 1 N–H and O–H groups in total. The van der Waals surface area contributed by atoms with E-state index in [2.05, 4.69) is 10.3 Å². The first kappa shape index (κ1) is 19.9. The summed E-state index contributed by atoms with van der Waals surface area (Å²) >= 11 is 1.36. The van der Waals surface area contributed by atoms with Gasteiger partial charge in [-0.25, -0.2) is 4.98 Å². The second kappa shape index (κ2) is 9.30. The minimum absolute atomic E-state index is 0.0392. The molecule has 0 radical (unpaired) electrons. The third kappa shape index (κ3) is 5.82. The van der Waals surface area contributed by atoms with Gasteiger partial charge in [-0.15, -0.1) is 11.3 Å². The maximum Gasteiger partial charge on any atom is 0.254 e. The van der Waals surface area contributed by atoms with Crippen LogP contribution in [-0.4, -0.2) is 67.4 Å². The predicted octanol–water partition coefficient (Wildman–Crippen LogP) is 2.10. The van der Waals surface area contributed by atoms with E-state index >= 15 is 0 Å². The number of carbonyl (C=O) groups is 2. The van der Waals surface area contributed by atoms with E-state index in [-0.39, 0.29) is 18.4 Å². The normalized spacial score (nSPS) is 10.7. The van der Waals surface area contributed by atoms with E-state index in [9.17, 15) is 9.59 Å². The third-order valence-corrected chi connectivity index (χ3v) is 4.50. The van der Waals surface area contributed by atoms with Gasteiger partial charge in [0.1, 0.15) is 12.3 Å². The van der Waals surface area contributed by atoms with Crippen molar-refractivity contribution in [2.75, 3.05) is 46.2 Å². The van der Waals surface area contributed by atoms with E-state index in [4.69, 9.17) is 4.74 Å². The van der Waals surface area contributed by atoms with Crippen molar-refractivity contribution in [1.29, 1.82) is 0 Å². The first-order valence-corrected chi connectivity index (χ1v) is 9.07. The van der Waals surface area contributed by atoms with Gasteiger partial charge in [0, 0.05) is 24.0 Å². The summed E-state index contributed by atoms with van der Waals surface area (Å²) in [4.78, 5) is 33.0. The van der Waals surface area contributed by atoms with Crippen molar-refractivity contribution >= 4 is 28.3 Å². The molecule has 140 valence electrons. The Hall–Kier alpha value is -2.45. The SMILES string of the molecule is COc1cccc(C(=O)N(CCN(C)C)CC(=O)Nc2nc(C)cs2)c1. The standard InChI is InChI=1S/C18H24N4O3S/c1-13-12-26-18(19-13)20-16(23)11-22(9-8-21(2)3)17(24)14-6-5-7-15(10-14)25-4/h5-7,10,12H,8-9,11H2,1-4H3,(H,19,20,23). The summed E-state index contributed by atoms with van der Waals surface area (Å²) in [6.45, 7) is 2.91. The van der Waals surface area contributed by atoms with Crippen molar-refractivity contribution < 1.29 is 14.3 Å². The molecular weight excluding hydrogens is 352 g/mol. The Morgan fingerprint density at radius 1 is 1.27 bits per heavy atom. The molecule has 0 aliphatic heterocycles. The van der Waals surface area contributed by atoms with Gasteiger partial charge < -0.3 is 19.9 Å². The number of rotatable bonds is 8. The Labute approximate surface area is 157 Å². The van der Waals surface area contributed by atoms with Gasteiger partial charge in [0.25, 0.3) is 5.91 Å². The van der Waals surface area contributed by atoms with Crippen molar-refractivity contribution in [3.63, 3.8) is 0 Å². The minimum Gasteiger partial charge on any atom is -0.497 e. The highest BCUT2D eigenvalue weighted by molar-refractivity contribution is 7.13. The number of ether oxygens (including phenoxy) is 1. The summed E-state index contributed by atoms with van der Waals surface area (Å²) in [7, 11) is 5.40. The first-order valence-electron chi connectivity index (χ1n) is 8.19. The van der Waals surface area contributed by atoms with Gasteiger partial charge in [-0.05, 0) is 39.2 Å². The summed E-state index contributed by atoms with van der Waals surface area (Å²) < 4.78 is 5.18. The minimum atomic E-state index is -0.269. The van der Waals surface area contributed by atoms with Crippen LogP contribution in [0.5, 0.6) is 5.75 Å². The van der Waals surface area contributed by atoms with Gasteiger partial charge in [-0.2, -0.15) is 0 Å². The molecule has 1 heterocycles. The number of anilines is 1. The molecule has 2 amide bonds. The van der Waals surface area contributed by atoms with Crippen molar-refractivity contribution in [2.24, 2.45) is 0 Å². The topological polar surface area (TPSA) is 74.8 Å². The molecule has 0 spiro atoms. The highest BCUT2D eigenvalue weighted by Crippen LogP contribution is 2.16. The Balaban J connectivity index is 2.10. The molecule has 0 bridgehead atoms. The molecule has 0 aliphatic carbocycles. The second-order valence-electron chi connectivity index (χ2n) is 6.10. The fourth-order valence-electron chi connectivity index (χ4n) is 2.26. The van der Waals surface area contributed by atoms with Crippen LogP contribution in [0.4, 0.5) is 5.13 Å². The summed E-state index contributed by atoms with van der Waals surface area (Å²) in [5, 5.41) is 5.14. The van der Waals surface area contributed by atoms with E-state index in [1.165, 1.54) is 16.2 Å². The lowest BCUT2D eigenvalue weighted by atomic mass is 10.2. The molecule has 0 saturated carbocycles. The number of hydrogen-bond donors (Lipinski definition) is 1. The van der Waals surface area contributed by atoms with Gasteiger partial charge in [0.2, 0.25) is 5.91 Å². The van der Waals surface area contributed by atoms with E-state index < -0.39 is 0 Å². The lowest BCUT2D eigenvalue weighted by Crippen LogP contribution is -2.41. The molecule has 0 aliphatic rings. The zero-order valence-electron chi connectivity index (χ0n) is 15.5. The highest BCUT2D eigenvalue weighted by Gasteiger charge is 2.20. The molecule has 2 rings (SSSR count). The zero-order valence-corrected chi connectivity index (χ0v) is 16.3. The van der Waals surface area contributed by atoms with E-state index in [1.54, 1.807) is 31.4 Å². The lowest BCUT2D eigenvalue weighted by Gasteiger charge is -2.24. The van der Waals surface area contributed by atoms with Gasteiger partial charge in [0.15, 0.2) is 5.13 Å². The number of thiazole rings is 1. The summed E-state index contributed by atoms with van der Waals surface area (Å²) in [5.41, 5.74) is 1.34. The van der Waals surface area contributed by atoms with Crippen molar-refractivity contribution in [1.82, 2.24) is 14.8 Å². The van der Waals surface area contributed by atoms with Crippen LogP contribution in [0, 0.1) is 6.92 Å². The Kier molecular flexibility index (Phi) is 7.11. The smallest absolute Gasteiger partial charge is 0.254 e. The molecule has 0 atom stereocenters. The number of nitrogens with zero attached hydrogens (tertiary/aromatic N) is 3. The van der Waals surface area contributed by atoms with Crippen LogP contribution in [0.3, 0.4) is 0 Å². The maximum absolute atomic E-state index is 12.9. The van der Waals surface area contributed by atoms with Crippen LogP contribution in [-0.2, 0) is 4.79 Å². The Morgan fingerprint density at radius 2 is 2.04 bits per heavy atom. The molecular formula is C18H24N4O3S. The number of carbonyl (C=O) groups excluding carboxylic acids is 2. The van der Waals surface area contributed by atoms with Crippen LogP contribution < -0.4 is 10.1 Å². The molecule has 26 heavy (non-hydrogen) atoms. The quantitative estimate of drug-likeness (QED) is 0.764. The number of likely N-dealkylation sites (N-methyl/N-ethyl adjacent to an activating group) is 1. The molecule has 0 saturated heterocycles. The van der Waals surface area contributed by atoms with Crippen molar-refractivity contribution in [3.8, 4) is 5.75 Å². The van der Waals surface area contributed by atoms with Gasteiger partial charge >= 0.3 is 0 Å². The number of aromatic nitrogens is 1. The summed E-state index contributed by atoms with van der Waals surface area (Å²) in [5.74, 6) is 0.122. The second-order valence-corrected chi connectivity index (χ2v) is 6.96. The average Bonchev–Trinajstić information content (AvgIpc) is 3.02. The average molecular weight is 376 g/mol. The zero-order chi connectivity index (χ0) is 19.1. The van der Waals surface area contributed by atoms with Crippen LogP contribution in [0.1, 0.15) is 16.1 Å². The number of nitrogens with one attached hydrogen (secondary N) is 1. The fraction of sp³-hybridized carbons (Fsp3) is 0.389. The number of aryl methyl sites for hydroxylation is 1. The van der Waals surface area contributed by atoms with Crippen LogP contribution >= 0.6 is 11.3 Å². The maximum atomic E-state index is 12.9. The van der Waals surface area contributed by atoms with E-state index in [0.717, 1.165) is 5.69 Å². The van der Waals surface area contributed by atoms with Gasteiger partial charge in [0.05, 0.1) is 12.8 Å². The Morgan fingerprint density at radius 3 is 2.65 bits per heavy atom. The van der Waals surface area contributed by atoms with Crippen LogP contribution in [0.15, 0.2) is 29.6 Å². The first-order chi connectivity index (χ1) is 12.4. The number of amides is 2. The molecule has 8 heteroatoms. The summed E-state index contributed by atoms with van der Waals surface area (Å²) in [6.07, 6.45) is 0. The van der Waals surface area contributed by atoms with Gasteiger partial charge in [-0.1, -0.05) is 6.07 Å². The monoisotopic (exact) mass is 376 g/mol. The molecule has 1 aromatic heterocycles. The Bertz CT molecular complexity index is 760. The highest BCUT2D eigenvalue weighted by atomic mass is 32.1. The van der Waals surface area contributed by atoms with Crippen LogP contribution in [0.2, 0.25) is 0 Å². The largest absolute Gasteiger partial charge is 0.497 e. The molecule has 0 fully saturated rings. The molecule has 7 nitrogen and oxygen atoms in total. The lowest BCUT2D eigenvalue weighted by molar-refractivity contribution is -0.116. The number of methoxy groups -OCH3 is 1. The van der Waals surface area contributed by atoms with E-state index in [1.807, 2.05) is 31.3 Å². The predicted molar refractivity (Wildman–Crippen MR) is 103 cm³/mol. The summed E-state index contributed by atoms with van der Waals surface area (Å²) in [6, 6.07) is 6.93. The van der Waals surface area contributed by atoms with Crippen LogP contribution in [0.25, 0.3) is 0 Å². The molecule has 1 aromatic carbocycles. The van der Waals surface area contributed by atoms with Crippen molar-refractivity contribution in [2.45, 2.75) is 6.92 Å². The van der Waals surface area contributed by atoms with E-state index in [0.29, 0.717) is 29.5 Å². The number of hydrogen-bond acceptors (Lipinski definition) is 6. The number of benzene rings is 1. The fourth-order valence-corrected chi connectivity index (χ4v) is 2.96. The van der Waals surface area contributed by atoms with Gasteiger partial charge in [-0.3, -0.25) is 9.59 Å². The van der Waals surface area contributed by atoms with Crippen molar-refractivity contribution in [3.05, 3.63) is 40.9 Å². The molecule has 0 unspecified atom stereocenters.